The summed E-state index contributed by atoms with van der Waals surface area (Å²) in [6.45, 7) is 0.636. The summed E-state index contributed by atoms with van der Waals surface area (Å²) in [4.78, 5) is 4.16. The average molecular weight is 323 g/mol. The Morgan fingerprint density at radius 3 is 2.79 bits per heavy atom. The van der Waals surface area contributed by atoms with Gasteiger partial charge >= 0.3 is 0 Å². The summed E-state index contributed by atoms with van der Waals surface area (Å²) < 4.78 is 11.4. The number of anilines is 1. The van der Waals surface area contributed by atoms with Crippen molar-refractivity contribution < 1.29 is 9.47 Å². The number of benzene rings is 1. The van der Waals surface area contributed by atoms with Crippen LogP contribution in [0.15, 0.2) is 41.0 Å². The van der Waals surface area contributed by atoms with Gasteiger partial charge in [0.2, 0.25) is 5.88 Å². The number of hydrogen-bond donors (Lipinski definition) is 1. The first-order chi connectivity index (χ1) is 9.22. The van der Waals surface area contributed by atoms with Crippen molar-refractivity contribution in [2.45, 2.75) is 6.54 Å². The Bertz CT molecular complexity index is 561. The summed E-state index contributed by atoms with van der Waals surface area (Å²) in [6.07, 6.45) is 1.71. The zero-order chi connectivity index (χ0) is 13.7. The highest BCUT2D eigenvalue weighted by molar-refractivity contribution is 9.10. The third kappa shape index (κ3) is 3.61. The monoisotopic (exact) mass is 322 g/mol. The van der Waals surface area contributed by atoms with E-state index in [1.54, 1.807) is 20.4 Å². The fourth-order valence-corrected chi connectivity index (χ4v) is 2.19. The minimum atomic E-state index is 0.636. The lowest BCUT2D eigenvalue weighted by Crippen LogP contribution is -2.03. The summed E-state index contributed by atoms with van der Waals surface area (Å²) in [6, 6.07) is 9.71. The van der Waals surface area contributed by atoms with Crippen LogP contribution < -0.4 is 14.8 Å². The van der Waals surface area contributed by atoms with Crippen LogP contribution >= 0.6 is 15.9 Å². The smallest absolute Gasteiger partial charge is 0.218 e. The molecule has 0 aliphatic heterocycles. The molecule has 0 aliphatic rings. The van der Waals surface area contributed by atoms with E-state index >= 15 is 0 Å². The topological polar surface area (TPSA) is 43.4 Å². The van der Waals surface area contributed by atoms with Crippen molar-refractivity contribution in [2.24, 2.45) is 0 Å². The molecule has 1 heterocycles. The summed E-state index contributed by atoms with van der Waals surface area (Å²) in [5.41, 5.74) is 1.97. The van der Waals surface area contributed by atoms with Gasteiger partial charge in [-0.25, -0.2) is 4.98 Å². The molecule has 1 aromatic carbocycles. The maximum Gasteiger partial charge on any atom is 0.218 e. The van der Waals surface area contributed by atoms with Crippen molar-refractivity contribution in [3.8, 4) is 11.6 Å². The molecular formula is C14H15BrN2O2. The minimum absolute atomic E-state index is 0.636. The van der Waals surface area contributed by atoms with Crippen LogP contribution in [0, 0.1) is 0 Å². The van der Waals surface area contributed by atoms with Crippen LogP contribution in [0.3, 0.4) is 0 Å². The molecule has 0 unspecified atom stereocenters. The Morgan fingerprint density at radius 1 is 1.21 bits per heavy atom. The normalized spacial score (nSPS) is 10.1. The van der Waals surface area contributed by atoms with Crippen molar-refractivity contribution in [3.05, 3.63) is 46.6 Å². The van der Waals surface area contributed by atoms with Gasteiger partial charge in [0.05, 0.1) is 14.2 Å². The van der Waals surface area contributed by atoms with Crippen molar-refractivity contribution in [1.29, 1.82) is 0 Å². The van der Waals surface area contributed by atoms with E-state index in [9.17, 15) is 0 Å². The number of nitrogens with zero attached hydrogens (tertiary/aromatic N) is 1. The average Bonchev–Trinajstić information content (AvgIpc) is 2.44. The first-order valence-electron chi connectivity index (χ1n) is 5.79. The van der Waals surface area contributed by atoms with Gasteiger partial charge in [-0.2, -0.15) is 0 Å². The number of methoxy groups -OCH3 is 2. The number of aromatic nitrogens is 1. The highest BCUT2D eigenvalue weighted by atomic mass is 79.9. The van der Waals surface area contributed by atoms with Crippen LogP contribution in [-0.4, -0.2) is 19.2 Å². The van der Waals surface area contributed by atoms with E-state index in [1.807, 2.05) is 30.3 Å². The lowest BCUT2D eigenvalue weighted by Gasteiger charge is -2.11. The van der Waals surface area contributed by atoms with Gasteiger partial charge in [0, 0.05) is 34.5 Å². The third-order valence-electron chi connectivity index (χ3n) is 2.63. The van der Waals surface area contributed by atoms with Gasteiger partial charge < -0.3 is 14.8 Å². The molecule has 0 amide bonds. The molecule has 1 N–H and O–H groups in total. The van der Waals surface area contributed by atoms with Gasteiger partial charge in [0.15, 0.2) is 0 Å². The Kier molecular flexibility index (Phi) is 4.63. The number of nitrogens with one attached hydrogen (secondary N) is 1. The SMILES string of the molecule is COc1cc(Br)cc(NCc2cccnc2OC)c1. The maximum atomic E-state index is 5.23. The summed E-state index contributed by atoms with van der Waals surface area (Å²) >= 11 is 3.45. The van der Waals surface area contributed by atoms with Crippen LogP contribution in [0.5, 0.6) is 11.6 Å². The Hall–Kier alpha value is -1.75. The predicted octanol–water partition coefficient (Wildman–Crippen LogP) is 3.47. The van der Waals surface area contributed by atoms with E-state index in [0.717, 1.165) is 21.5 Å². The molecule has 19 heavy (non-hydrogen) atoms. The van der Waals surface area contributed by atoms with Crippen molar-refractivity contribution in [3.63, 3.8) is 0 Å². The molecule has 2 rings (SSSR count). The molecule has 0 radical (unpaired) electrons. The van der Waals surface area contributed by atoms with Gasteiger partial charge in [-0.1, -0.05) is 22.0 Å². The van der Waals surface area contributed by atoms with Crippen LogP contribution in [0.1, 0.15) is 5.56 Å². The molecule has 2 aromatic rings. The fourth-order valence-electron chi connectivity index (χ4n) is 1.72. The fraction of sp³-hybridized carbons (Fsp3) is 0.214. The van der Waals surface area contributed by atoms with Crippen molar-refractivity contribution in [1.82, 2.24) is 4.98 Å². The number of ether oxygens (including phenoxy) is 2. The minimum Gasteiger partial charge on any atom is -0.497 e. The maximum absolute atomic E-state index is 5.23. The van der Waals surface area contributed by atoms with Crippen molar-refractivity contribution in [2.75, 3.05) is 19.5 Å². The first-order valence-corrected chi connectivity index (χ1v) is 6.58. The van der Waals surface area contributed by atoms with E-state index in [1.165, 1.54) is 0 Å². The quantitative estimate of drug-likeness (QED) is 0.915. The van der Waals surface area contributed by atoms with Gasteiger partial charge in [-0.05, 0) is 18.2 Å². The molecule has 0 saturated heterocycles. The summed E-state index contributed by atoms with van der Waals surface area (Å²) in [5.74, 6) is 1.44. The standard InChI is InChI=1S/C14H15BrN2O2/c1-18-13-7-11(15)6-12(8-13)17-9-10-4-3-5-16-14(10)19-2/h3-8,17H,9H2,1-2H3. The molecule has 4 nitrogen and oxygen atoms in total. The van der Waals surface area contributed by atoms with E-state index in [0.29, 0.717) is 12.4 Å². The van der Waals surface area contributed by atoms with Gasteiger partial charge in [0.25, 0.3) is 0 Å². The summed E-state index contributed by atoms with van der Waals surface area (Å²) in [7, 11) is 3.27. The van der Waals surface area contributed by atoms with Crippen LogP contribution in [0.25, 0.3) is 0 Å². The lowest BCUT2D eigenvalue weighted by molar-refractivity contribution is 0.393. The van der Waals surface area contributed by atoms with Crippen LogP contribution in [-0.2, 0) is 6.54 Å². The van der Waals surface area contributed by atoms with Gasteiger partial charge in [0.1, 0.15) is 5.75 Å². The highest BCUT2D eigenvalue weighted by Crippen LogP contribution is 2.25. The van der Waals surface area contributed by atoms with Crippen LogP contribution in [0.2, 0.25) is 0 Å². The number of rotatable bonds is 5. The Morgan fingerprint density at radius 2 is 2.05 bits per heavy atom. The van der Waals surface area contributed by atoms with Gasteiger partial charge in [-0.3, -0.25) is 0 Å². The van der Waals surface area contributed by atoms with E-state index in [4.69, 9.17) is 9.47 Å². The second-order valence-electron chi connectivity index (χ2n) is 3.91. The zero-order valence-corrected chi connectivity index (χ0v) is 12.4. The molecular weight excluding hydrogens is 308 g/mol. The first kappa shape index (κ1) is 13.7. The van der Waals surface area contributed by atoms with E-state index < -0.39 is 0 Å². The van der Waals surface area contributed by atoms with Crippen molar-refractivity contribution >= 4 is 21.6 Å². The highest BCUT2D eigenvalue weighted by Gasteiger charge is 2.04. The largest absolute Gasteiger partial charge is 0.497 e. The predicted molar refractivity (Wildman–Crippen MR) is 78.8 cm³/mol. The molecule has 0 aliphatic carbocycles. The summed E-state index contributed by atoms with van der Waals surface area (Å²) in [5, 5.41) is 3.32. The number of pyridine rings is 1. The van der Waals surface area contributed by atoms with Crippen LogP contribution in [0.4, 0.5) is 5.69 Å². The molecule has 0 atom stereocenters. The zero-order valence-electron chi connectivity index (χ0n) is 10.8. The molecule has 0 fully saturated rings. The molecule has 0 spiro atoms. The van der Waals surface area contributed by atoms with E-state index in [2.05, 4.69) is 26.2 Å². The Labute approximate surface area is 120 Å². The third-order valence-corrected chi connectivity index (χ3v) is 3.09. The molecule has 5 heteroatoms. The van der Waals surface area contributed by atoms with E-state index in [-0.39, 0.29) is 0 Å². The molecule has 0 bridgehead atoms. The number of hydrogen-bond acceptors (Lipinski definition) is 4. The molecule has 100 valence electrons. The Balaban J connectivity index is 2.12. The molecule has 0 saturated carbocycles. The molecule has 1 aromatic heterocycles. The second kappa shape index (κ2) is 6.43. The number of halogens is 1. The second-order valence-corrected chi connectivity index (χ2v) is 4.82. The lowest BCUT2D eigenvalue weighted by atomic mass is 10.2. The van der Waals surface area contributed by atoms with Gasteiger partial charge in [-0.15, -0.1) is 0 Å².